The van der Waals surface area contributed by atoms with E-state index in [1.165, 1.54) is 0 Å². The molecule has 0 radical (unpaired) electrons. The van der Waals surface area contributed by atoms with Crippen molar-refractivity contribution in [1.82, 2.24) is 0 Å². The van der Waals surface area contributed by atoms with Gasteiger partial charge in [0.25, 0.3) is 0 Å². The molecule has 0 aliphatic heterocycles. The van der Waals surface area contributed by atoms with Crippen molar-refractivity contribution in [3.63, 3.8) is 0 Å². The normalized spacial score (nSPS) is 11.1. The van der Waals surface area contributed by atoms with Crippen molar-refractivity contribution in [2.24, 2.45) is 10.2 Å². The highest BCUT2D eigenvalue weighted by Gasteiger charge is 2.01. The van der Waals surface area contributed by atoms with E-state index in [-0.39, 0.29) is 0 Å². The van der Waals surface area contributed by atoms with Gasteiger partial charge in [0.1, 0.15) is 0 Å². The first-order valence-corrected chi connectivity index (χ1v) is 11.5. The van der Waals surface area contributed by atoms with Crippen LogP contribution in [0.25, 0.3) is 0 Å². The number of benzene rings is 4. The maximum absolute atomic E-state index is 5.96. The summed E-state index contributed by atoms with van der Waals surface area (Å²) >= 11 is 15.2. The zero-order valence-corrected chi connectivity index (χ0v) is 18.8. The topological polar surface area (TPSA) is 24.7 Å². The summed E-state index contributed by atoms with van der Waals surface area (Å²) < 4.78 is 0. The molecule has 0 N–H and O–H groups in total. The molecule has 6 heteroatoms. The fourth-order valence-electron chi connectivity index (χ4n) is 2.61. The van der Waals surface area contributed by atoms with Crippen molar-refractivity contribution in [3.05, 3.63) is 107 Å². The molecule has 148 valence electrons. The van der Waals surface area contributed by atoms with Crippen LogP contribution >= 0.6 is 46.7 Å². The number of rotatable bonds is 6. The molecule has 0 spiro atoms. The number of hydrogen-bond donors (Lipinski definition) is 0. The number of nitrogens with zero attached hydrogens (tertiary/aromatic N) is 2. The first-order chi connectivity index (χ1) is 14.6. The van der Waals surface area contributed by atoms with Crippen molar-refractivity contribution in [1.29, 1.82) is 0 Å². The first kappa shape index (κ1) is 21.0. The molecule has 0 saturated heterocycles. The lowest BCUT2D eigenvalue weighted by molar-refractivity contribution is 1.21. The SMILES string of the molecule is Clc1ccc(Sc2cccc(N=Nc3cccc(Sc4ccc(Cl)cc4)c3)c2)cc1. The Bertz CT molecular complexity index is 1070. The highest BCUT2D eigenvalue weighted by atomic mass is 35.5. The molecular formula is C24H16Cl2N2S2. The molecule has 0 aromatic heterocycles. The predicted molar refractivity (Wildman–Crippen MR) is 128 cm³/mol. The minimum absolute atomic E-state index is 0.735. The van der Waals surface area contributed by atoms with Gasteiger partial charge in [-0.25, -0.2) is 0 Å². The van der Waals surface area contributed by atoms with Gasteiger partial charge >= 0.3 is 0 Å². The van der Waals surface area contributed by atoms with Gasteiger partial charge in [-0.2, -0.15) is 10.2 Å². The fourth-order valence-corrected chi connectivity index (χ4v) is 4.60. The summed E-state index contributed by atoms with van der Waals surface area (Å²) in [5.41, 5.74) is 1.62. The lowest BCUT2D eigenvalue weighted by Gasteiger charge is -2.03. The average molecular weight is 467 g/mol. The maximum atomic E-state index is 5.96. The molecule has 4 aromatic carbocycles. The smallest absolute Gasteiger partial charge is 0.0868 e. The zero-order chi connectivity index (χ0) is 20.8. The molecule has 0 saturated carbocycles. The summed E-state index contributed by atoms with van der Waals surface area (Å²) in [6.45, 7) is 0. The van der Waals surface area contributed by atoms with Gasteiger partial charge in [0.15, 0.2) is 0 Å². The summed E-state index contributed by atoms with van der Waals surface area (Å²) in [5.74, 6) is 0. The van der Waals surface area contributed by atoms with Crippen molar-refractivity contribution in [2.45, 2.75) is 19.6 Å². The monoisotopic (exact) mass is 466 g/mol. The molecule has 0 aliphatic rings. The van der Waals surface area contributed by atoms with Gasteiger partial charge in [-0.15, -0.1) is 0 Å². The lowest BCUT2D eigenvalue weighted by atomic mass is 10.3. The van der Waals surface area contributed by atoms with E-state index in [0.29, 0.717) is 0 Å². The molecule has 4 rings (SSSR count). The summed E-state index contributed by atoms with van der Waals surface area (Å²) in [6.07, 6.45) is 0. The Morgan fingerprint density at radius 1 is 0.467 bits per heavy atom. The average Bonchev–Trinajstić information content (AvgIpc) is 2.76. The van der Waals surface area contributed by atoms with Crippen LogP contribution in [0.3, 0.4) is 0 Å². The van der Waals surface area contributed by atoms with Crippen molar-refractivity contribution < 1.29 is 0 Å². The van der Waals surface area contributed by atoms with Crippen LogP contribution < -0.4 is 0 Å². The second kappa shape index (κ2) is 10.2. The van der Waals surface area contributed by atoms with Crippen molar-refractivity contribution in [2.75, 3.05) is 0 Å². The standard InChI is InChI=1S/C24H16Cl2N2S2/c25-17-7-11-21(12-8-17)29-23-5-1-3-19(15-23)27-28-20-4-2-6-24(16-20)30-22-13-9-18(26)10-14-22/h1-16H. The van der Waals surface area contributed by atoms with E-state index in [1.807, 2.05) is 84.9 Å². The van der Waals surface area contributed by atoms with Crippen LogP contribution in [0.2, 0.25) is 10.0 Å². The van der Waals surface area contributed by atoms with E-state index in [2.05, 4.69) is 22.4 Å². The van der Waals surface area contributed by atoms with Crippen LogP contribution in [0.4, 0.5) is 11.4 Å². The van der Waals surface area contributed by atoms with Gasteiger partial charge in [0.2, 0.25) is 0 Å². The quantitative estimate of drug-likeness (QED) is 0.264. The second-order valence-corrected chi connectivity index (χ2v) is 9.47. The molecule has 2 nitrogen and oxygen atoms in total. The third-order valence-corrected chi connectivity index (χ3v) is 6.51. The van der Waals surface area contributed by atoms with Crippen LogP contribution in [-0.2, 0) is 0 Å². The van der Waals surface area contributed by atoms with Crippen LogP contribution in [0, 0.1) is 0 Å². The van der Waals surface area contributed by atoms with Crippen LogP contribution in [0.5, 0.6) is 0 Å². The fraction of sp³-hybridized carbons (Fsp3) is 0. The Morgan fingerprint density at radius 3 is 1.27 bits per heavy atom. The van der Waals surface area contributed by atoms with E-state index >= 15 is 0 Å². The zero-order valence-electron chi connectivity index (χ0n) is 15.7. The van der Waals surface area contributed by atoms with Crippen LogP contribution in [0.1, 0.15) is 0 Å². The molecule has 0 heterocycles. The molecule has 0 atom stereocenters. The summed E-state index contributed by atoms with van der Waals surface area (Å²) in [7, 11) is 0. The second-order valence-electron chi connectivity index (χ2n) is 6.31. The van der Waals surface area contributed by atoms with Gasteiger partial charge in [0, 0.05) is 29.6 Å². The number of halogens is 2. The van der Waals surface area contributed by atoms with Gasteiger partial charge in [0.05, 0.1) is 11.4 Å². The van der Waals surface area contributed by atoms with E-state index in [9.17, 15) is 0 Å². The Morgan fingerprint density at radius 2 is 0.867 bits per heavy atom. The largest absolute Gasteiger partial charge is 0.151 e. The Hall–Kier alpha value is -2.24. The molecule has 0 fully saturated rings. The van der Waals surface area contributed by atoms with E-state index in [4.69, 9.17) is 23.2 Å². The highest BCUT2D eigenvalue weighted by molar-refractivity contribution is 7.99. The van der Waals surface area contributed by atoms with E-state index in [0.717, 1.165) is 41.0 Å². The van der Waals surface area contributed by atoms with E-state index < -0.39 is 0 Å². The first-order valence-electron chi connectivity index (χ1n) is 9.13. The minimum Gasteiger partial charge on any atom is -0.151 e. The number of hydrogen-bond acceptors (Lipinski definition) is 4. The summed E-state index contributed by atoms with van der Waals surface area (Å²) in [6, 6.07) is 31.6. The maximum Gasteiger partial charge on any atom is 0.0868 e. The van der Waals surface area contributed by atoms with Gasteiger partial charge in [-0.1, -0.05) is 58.9 Å². The molecule has 0 aliphatic carbocycles. The summed E-state index contributed by atoms with van der Waals surface area (Å²) in [5, 5.41) is 10.3. The number of azo groups is 1. The van der Waals surface area contributed by atoms with E-state index in [1.54, 1.807) is 23.5 Å². The molecular weight excluding hydrogens is 451 g/mol. The predicted octanol–water partition coefficient (Wildman–Crippen LogP) is 9.71. The third kappa shape index (κ3) is 6.13. The minimum atomic E-state index is 0.735. The highest BCUT2D eigenvalue weighted by Crippen LogP contribution is 2.33. The molecule has 0 bridgehead atoms. The Labute approximate surface area is 194 Å². The van der Waals surface area contributed by atoms with Gasteiger partial charge in [-0.05, 0) is 84.9 Å². The molecule has 30 heavy (non-hydrogen) atoms. The Balaban J connectivity index is 1.45. The Kier molecular flexibility index (Phi) is 7.13. The van der Waals surface area contributed by atoms with Crippen LogP contribution in [-0.4, -0.2) is 0 Å². The van der Waals surface area contributed by atoms with Crippen molar-refractivity contribution in [3.8, 4) is 0 Å². The van der Waals surface area contributed by atoms with Crippen LogP contribution in [0.15, 0.2) is 127 Å². The molecule has 0 amide bonds. The lowest BCUT2D eigenvalue weighted by Crippen LogP contribution is -1.74. The van der Waals surface area contributed by atoms with Crippen molar-refractivity contribution >= 4 is 58.1 Å². The van der Waals surface area contributed by atoms with Gasteiger partial charge in [-0.3, -0.25) is 0 Å². The third-order valence-electron chi connectivity index (χ3n) is 4.01. The summed E-state index contributed by atoms with van der Waals surface area (Å²) in [4.78, 5) is 4.45. The molecule has 0 unspecified atom stereocenters. The molecule has 4 aromatic rings. The van der Waals surface area contributed by atoms with Gasteiger partial charge < -0.3 is 0 Å².